The average molecular weight is 416 g/mol. The predicted molar refractivity (Wildman–Crippen MR) is 110 cm³/mol. The maximum absolute atomic E-state index is 12.9. The average Bonchev–Trinajstić information content (AvgIpc) is 3.33. The number of rotatable bonds is 4. The van der Waals surface area contributed by atoms with Crippen LogP contribution in [0.1, 0.15) is 25.7 Å². The number of hydrogen-bond acceptors (Lipinski definition) is 5. The summed E-state index contributed by atoms with van der Waals surface area (Å²) in [6.07, 6.45) is 2.11. The summed E-state index contributed by atoms with van der Waals surface area (Å²) in [7, 11) is 0. The molecule has 0 aliphatic carbocycles. The number of thioether (sulfide) groups is 1. The van der Waals surface area contributed by atoms with Gasteiger partial charge in [0.15, 0.2) is 0 Å². The summed E-state index contributed by atoms with van der Waals surface area (Å²) in [6.45, 7) is 1.43. The molecule has 7 nitrogen and oxygen atoms in total. The van der Waals surface area contributed by atoms with Gasteiger partial charge in [-0.15, -0.1) is 0 Å². The lowest BCUT2D eigenvalue weighted by Gasteiger charge is -2.33. The zero-order chi connectivity index (χ0) is 20.4. The quantitative estimate of drug-likeness (QED) is 0.804. The molecule has 0 bridgehead atoms. The highest BCUT2D eigenvalue weighted by molar-refractivity contribution is 8.14. The van der Waals surface area contributed by atoms with Crippen LogP contribution in [0.25, 0.3) is 0 Å². The van der Waals surface area contributed by atoms with Gasteiger partial charge < -0.3 is 15.1 Å². The topological polar surface area (TPSA) is 86.8 Å². The molecule has 3 aliphatic heterocycles. The number of nitrogens with one attached hydrogen (secondary N) is 1. The van der Waals surface area contributed by atoms with Crippen molar-refractivity contribution in [2.24, 2.45) is 11.8 Å². The van der Waals surface area contributed by atoms with Crippen LogP contribution in [-0.2, 0) is 19.2 Å². The first-order valence-corrected chi connectivity index (χ1v) is 11.1. The van der Waals surface area contributed by atoms with Gasteiger partial charge in [0, 0.05) is 43.4 Å². The second-order valence-electron chi connectivity index (χ2n) is 7.86. The fourth-order valence-electron chi connectivity index (χ4n) is 4.27. The van der Waals surface area contributed by atoms with Gasteiger partial charge in [0.2, 0.25) is 22.8 Å². The molecule has 3 heterocycles. The van der Waals surface area contributed by atoms with Crippen molar-refractivity contribution in [1.82, 2.24) is 10.2 Å². The number of amides is 3. The van der Waals surface area contributed by atoms with E-state index in [1.54, 1.807) is 9.80 Å². The van der Waals surface area contributed by atoms with E-state index in [2.05, 4.69) is 5.32 Å². The summed E-state index contributed by atoms with van der Waals surface area (Å²) in [5.74, 6) is 0.159. The van der Waals surface area contributed by atoms with Crippen LogP contribution in [0.4, 0.5) is 5.69 Å². The number of carbonyl (C=O) groups is 4. The van der Waals surface area contributed by atoms with Gasteiger partial charge in [0.05, 0.1) is 12.0 Å². The first-order valence-electron chi connectivity index (χ1n) is 10.1. The summed E-state index contributed by atoms with van der Waals surface area (Å²) < 4.78 is 0. The number of likely N-dealkylation sites (tertiary alicyclic amines) is 1. The number of carbonyl (C=O) groups excluding carboxylic acids is 4. The number of hydrogen-bond donors (Lipinski definition) is 1. The van der Waals surface area contributed by atoms with Crippen LogP contribution in [0.2, 0.25) is 0 Å². The zero-order valence-electron chi connectivity index (χ0n) is 16.2. The monoisotopic (exact) mass is 415 g/mol. The number of anilines is 1. The smallest absolute Gasteiger partial charge is 0.228 e. The third-order valence-corrected chi connectivity index (χ3v) is 6.98. The van der Waals surface area contributed by atoms with Crippen molar-refractivity contribution >= 4 is 40.3 Å². The second-order valence-corrected chi connectivity index (χ2v) is 8.96. The normalized spacial score (nSPS) is 25.5. The Labute approximate surface area is 174 Å². The van der Waals surface area contributed by atoms with Crippen molar-refractivity contribution in [2.45, 2.75) is 31.7 Å². The highest BCUT2D eigenvalue weighted by atomic mass is 32.2. The highest BCUT2D eigenvalue weighted by Crippen LogP contribution is 2.28. The van der Waals surface area contributed by atoms with Crippen molar-refractivity contribution in [3.63, 3.8) is 0 Å². The standard InChI is InChI=1S/C21H25N3O4S/c25-18-12-15(13-24(18)16-4-2-1-3-5-16)20(27)23-9-6-14(7-10-23)19(26)22-17-8-11-29-21(17)28/h1-5,14-15,17H,6-13H2,(H,22,26). The maximum Gasteiger partial charge on any atom is 0.228 e. The molecule has 3 fully saturated rings. The Morgan fingerprint density at radius 3 is 2.38 bits per heavy atom. The first-order chi connectivity index (χ1) is 14.0. The van der Waals surface area contributed by atoms with E-state index in [0.717, 1.165) is 11.4 Å². The molecule has 1 aromatic carbocycles. The van der Waals surface area contributed by atoms with E-state index >= 15 is 0 Å². The van der Waals surface area contributed by atoms with Crippen molar-refractivity contribution in [3.8, 4) is 0 Å². The Hall–Kier alpha value is -2.35. The second kappa shape index (κ2) is 8.57. The molecule has 1 N–H and O–H groups in total. The molecule has 0 saturated carbocycles. The zero-order valence-corrected chi connectivity index (χ0v) is 17.0. The first kappa shape index (κ1) is 19.9. The van der Waals surface area contributed by atoms with E-state index < -0.39 is 0 Å². The molecule has 0 aromatic heterocycles. The summed E-state index contributed by atoms with van der Waals surface area (Å²) in [6, 6.07) is 9.05. The third-order valence-electron chi connectivity index (χ3n) is 5.97. The summed E-state index contributed by atoms with van der Waals surface area (Å²) in [4.78, 5) is 52.9. The minimum atomic E-state index is -0.361. The van der Waals surface area contributed by atoms with Crippen LogP contribution < -0.4 is 10.2 Å². The number of nitrogens with zero attached hydrogens (tertiary/aromatic N) is 2. The Balaban J connectivity index is 1.28. The van der Waals surface area contributed by atoms with Crippen LogP contribution in [0, 0.1) is 11.8 Å². The lowest BCUT2D eigenvalue weighted by molar-refractivity contribution is -0.139. The van der Waals surface area contributed by atoms with Crippen molar-refractivity contribution in [1.29, 1.82) is 0 Å². The van der Waals surface area contributed by atoms with Gasteiger partial charge in [0.25, 0.3) is 0 Å². The molecule has 0 radical (unpaired) electrons. The SMILES string of the molecule is O=C(NC1CCSC1=O)C1CCN(C(=O)C2CC(=O)N(c3ccccc3)C2)CC1. The predicted octanol–water partition coefficient (Wildman–Crippen LogP) is 1.43. The van der Waals surface area contributed by atoms with E-state index in [1.165, 1.54) is 11.8 Å². The van der Waals surface area contributed by atoms with Gasteiger partial charge >= 0.3 is 0 Å². The molecular formula is C21H25N3O4S. The van der Waals surface area contributed by atoms with Crippen LogP contribution >= 0.6 is 11.8 Å². The molecule has 2 unspecified atom stereocenters. The fourth-order valence-corrected chi connectivity index (χ4v) is 5.20. The molecule has 29 heavy (non-hydrogen) atoms. The van der Waals surface area contributed by atoms with Crippen molar-refractivity contribution in [3.05, 3.63) is 30.3 Å². The molecule has 2 atom stereocenters. The Morgan fingerprint density at radius 1 is 1.00 bits per heavy atom. The minimum absolute atomic E-state index is 0.00184. The Morgan fingerprint density at radius 2 is 1.72 bits per heavy atom. The van der Waals surface area contributed by atoms with Gasteiger partial charge in [-0.05, 0) is 31.4 Å². The Bertz CT molecular complexity index is 807. The van der Waals surface area contributed by atoms with Crippen LogP contribution in [0.3, 0.4) is 0 Å². The van der Waals surface area contributed by atoms with Crippen molar-refractivity contribution < 1.29 is 19.2 Å². The summed E-state index contributed by atoms with van der Waals surface area (Å²) in [5.41, 5.74) is 0.822. The molecule has 3 aliphatic rings. The number of benzene rings is 1. The summed E-state index contributed by atoms with van der Waals surface area (Å²) >= 11 is 1.27. The van der Waals surface area contributed by atoms with Gasteiger partial charge in [-0.2, -0.15) is 0 Å². The van der Waals surface area contributed by atoms with Crippen LogP contribution in [-0.4, -0.2) is 59.2 Å². The lowest BCUT2D eigenvalue weighted by Crippen LogP contribution is -2.47. The van der Waals surface area contributed by atoms with Gasteiger partial charge in [0.1, 0.15) is 0 Å². The molecule has 3 amide bonds. The Kier molecular flexibility index (Phi) is 5.89. The molecule has 3 saturated heterocycles. The molecule has 154 valence electrons. The molecular weight excluding hydrogens is 390 g/mol. The fraction of sp³-hybridized carbons (Fsp3) is 0.524. The van der Waals surface area contributed by atoms with E-state index in [4.69, 9.17) is 0 Å². The largest absolute Gasteiger partial charge is 0.345 e. The maximum atomic E-state index is 12.9. The molecule has 8 heteroatoms. The van der Waals surface area contributed by atoms with Gasteiger partial charge in [-0.25, -0.2) is 0 Å². The molecule has 4 rings (SSSR count). The highest BCUT2D eigenvalue weighted by Gasteiger charge is 2.39. The van der Waals surface area contributed by atoms with E-state index in [-0.39, 0.29) is 47.1 Å². The molecule has 1 aromatic rings. The summed E-state index contributed by atoms with van der Waals surface area (Å²) in [5, 5.41) is 2.90. The molecule has 0 spiro atoms. The van der Waals surface area contributed by atoms with Gasteiger partial charge in [-0.3, -0.25) is 19.2 Å². The van der Waals surface area contributed by atoms with E-state index in [1.807, 2.05) is 30.3 Å². The number of piperidine rings is 1. The minimum Gasteiger partial charge on any atom is -0.345 e. The lowest BCUT2D eigenvalue weighted by atomic mass is 9.94. The van der Waals surface area contributed by atoms with Crippen LogP contribution in [0.15, 0.2) is 30.3 Å². The van der Waals surface area contributed by atoms with E-state index in [9.17, 15) is 19.2 Å². The van der Waals surface area contributed by atoms with Crippen LogP contribution in [0.5, 0.6) is 0 Å². The van der Waals surface area contributed by atoms with Gasteiger partial charge in [-0.1, -0.05) is 30.0 Å². The third kappa shape index (κ3) is 4.32. The van der Waals surface area contributed by atoms with E-state index in [0.29, 0.717) is 38.9 Å². The number of para-hydroxylation sites is 1. The van der Waals surface area contributed by atoms with Crippen molar-refractivity contribution in [2.75, 3.05) is 30.3 Å².